The van der Waals surface area contributed by atoms with E-state index < -0.39 is 0 Å². The van der Waals surface area contributed by atoms with E-state index >= 15 is 0 Å². The Morgan fingerprint density at radius 2 is 1.82 bits per heavy atom. The van der Waals surface area contributed by atoms with Crippen LogP contribution in [0.4, 0.5) is 4.39 Å². The van der Waals surface area contributed by atoms with E-state index in [1.54, 1.807) is 6.07 Å². The van der Waals surface area contributed by atoms with Gasteiger partial charge < -0.3 is 4.98 Å². The number of aromatic amines is 2. The minimum atomic E-state index is -0.285. The summed E-state index contributed by atoms with van der Waals surface area (Å²) in [6.07, 6.45) is 0. The number of nitrogens with zero attached hydrogens (tertiary/aromatic N) is 2. The molecule has 0 fully saturated rings. The van der Waals surface area contributed by atoms with Gasteiger partial charge in [0.2, 0.25) is 0 Å². The molecule has 4 nitrogen and oxygen atoms in total. The lowest BCUT2D eigenvalue weighted by Crippen LogP contribution is -1.79. The van der Waals surface area contributed by atoms with Crippen LogP contribution >= 0.6 is 0 Å². The number of H-pyrrole nitrogens is 2. The molecule has 4 aromatic rings. The van der Waals surface area contributed by atoms with Gasteiger partial charge in [-0.15, -0.1) is 0 Å². The molecule has 0 radical (unpaired) electrons. The van der Waals surface area contributed by atoms with Gasteiger partial charge in [-0.2, -0.15) is 5.10 Å². The van der Waals surface area contributed by atoms with Gasteiger partial charge in [-0.3, -0.25) is 5.10 Å². The highest BCUT2D eigenvalue weighted by Crippen LogP contribution is 2.24. The van der Waals surface area contributed by atoms with Crippen LogP contribution in [-0.2, 0) is 0 Å². The quantitative estimate of drug-likeness (QED) is 0.585. The number of halogens is 1. The molecule has 2 heterocycles. The molecule has 0 amide bonds. The van der Waals surface area contributed by atoms with Gasteiger partial charge in [-0.05, 0) is 31.2 Å². The summed E-state index contributed by atoms with van der Waals surface area (Å²) in [4.78, 5) is 7.56. The van der Waals surface area contributed by atoms with E-state index in [1.807, 2.05) is 37.3 Å². The van der Waals surface area contributed by atoms with E-state index in [2.05, 4.69) is 20.2 Å². The first kappa shape index (κ1) is 12.8. The first-order valence-corrected chi connectivity index (χ1v) is 6.97. The molecule has 0 spiro atoms. The largest absolute Gasteiger partial charge is 0.337 e. The molecule has 0 unspecified atom stereocenters. The molecule has 0 bridgehead atoms. The Labute approximate surface area is 126 Å². The van der Waals surface area contributed by atoms with Gasteiger partial charge in [0.05, 0.1) is 16.7 Å². The summed E-state index contributed by atoms with van der Waals surface area (Å²) in [7, 11) is 0. The molecule has 4 rings (SSSR count). The van der Waals surface area contributed by atoms with Crippen LogP contribution in [0, 0.1) is 12.7 Å². The molecule has 22 heavy (non-hydrogen) atoms. The zero-order chi connectivity index (χ0) is 15.1. The van der Waals surface area contributed by atoms with Crippen LogP contribution in [0.3, 0.4) is 0 Å². The zero-order valence-corrected chi connectivity index (χ0v) is 11.9. The molecule has 0 atom stereocenters. The predicted molar refractivity (Wildman–Crippen MR) is 83.8 cm³/mol. The summed E-state index contributed by atoms with van der Waals surface area (Å²) in [6, 6.07) is 14.6. The molecule has 2 N–H and O–H groups in total. The van der Waals surface area contributed by atoms with Gasteiger partial charge in [-0.25, -0.2) is 9.37 Å². The van der Waals surface area contributed by atoms with Crippen molar-refractivity contribution in [3.05, 3.63) is 59.9 Å². The number of hydrogen-bond acceptors (Lipinski definition) is 2. The van der Waals surface area contributed by atoms with E-state index in [4.69, 9.17) is 0 Å². The minimum Gasteiger partial charge on any atom is -0.337 e. The molecule has 0 aliphatic carbocycles. The molecule has 5 heteroatoms. The molecule has 2 aromatic heterocycles. The van der Waals surface area contributed by atoms with Crippen molar-refractivity contribution in [3.8, 4) is 22.8 Å². The highest BCUT2D eigenvalue weighted by Gasteiger charge is 2.10. The van der Waals surface area contributed by atoms with Crippen molar-refractivity contribution in [1.29, 1.82) is 0 Å². The first-order valence-electron chi connectivity index (χ1n) is 6.97. The lowest BCUT2D eigenvalue weighted by Gasteiger charge is -1.96. The Morgan fingerprint density at radius 1 is 1.00 bits per heavy atom. The summed E-state index contributed by atoms with van der Waals surface area (Å²) in [5, 5.41) is 7.29. The second-order valence-electron chi connectivity index (χ2n) is 5.28. The molecule has 108 valence electrons. The maximum Gasteiger partial charge on any atom is 0.156 e. The normalized spacial score (nSPS) is 11.2. The lowest BCUT2D eigenvalue weighted by molar-refractivity contribution is 0.629. The minimum absolute atomic E-state index is 0.285. The number of rotatable bonds is 2. The number of fused-ring (bicyclic) bond motifs is 1. The lowest BCUT2D eigenvalue weighted by atomic mass is 10.1. The van der Waals surface area contributed by atoms with E-state index in [9.17, 15) is 4.39 Å². The number of imidazole rings is 1. The standard InChI is InChI=1S/C17H13FN4/c1-10-2-4-11(5-3-10)14-9-16(22-21-14)17-19-13-7-6-12(18)8-15(13)20-17/h2-9H,1H3,(H,19,20)(H,21,22). The summed E-state index contributed by atoms with van der Waals surface area (Å²) in [6.45, 7) is 2.05. The molecule has 0 saturated heterocycles. The van der Waals surface area contributed by atoms with Crippen molar-refractivity contribution in [2.24, 2.45) is 0 Å². The fraction of sp³-hybridized carbons (Fsp3) is 0.0588. The monoisotopic (exact) mass is 292 g/mol. The maximum atomic E-state index is 13.2. The van der Waals surface area contributed by atoms with Crippen LogP contribution in [0.5, 0.6) is 0 Å². The molecular formula is C17H13FN4. The van der Waals surface area contributed by atoms with Crippen LogP contribution in [0.25, 0.3) is 33.8 Å². The third-order valence-corrected chi connectivity index (χ3v) is 3.62. The van der Waals surface area contributed by atoms with Crippen molar-refractivity contribution in [2.75, 3.05) is 0 Å². The van der Waals surface area contributed by atoms with Crippen molar-refractivity contribution < 1.29 is 4.39 Å². The average Bonchev–Trinajstić information content (AvgIpc) is 3.13. The van der Waals surface area contributed by atoms with Crippen molar-refractivity contribution in [1.82, 2.24) is 20.2 Å². The number of aromatic nitrogens is 4. The van der Waals surface area contributed by atoms with E-state index in [1.165, 1.54) is 17.7 Å². The topological polar surface area (TPSA) is 57.4 Å². The van der Waals surface area contributed by atoms with Crippen LogP contribution in [0.1, 0.15) is 5.56 Å². The Hall–Kier alpha value is -2.95. The number of benzene rings is 2. The summed E-state index contributed by atoms with van der Waals surface area (Å²) >= 11 is 0. The fourth-order valence-corrected chi connectivity index (χ4v) is 2.42. The van der Waals surface area contributed by atoms with Crippen molar-refractivity contribution in [2.45, 2.75) is 6.92 Å². The molecule has 0 saturated carbocycles. The number of hydrogen-bond donors (Lipinski definition) is 2. The average molecular weight is 292 g/mol. The van der Waals surface area contributed by atoms with Gasteiger partial charge in [0.25, 0.3) is 0 Å². The highest BCUT2D eigenvalue weighted by atomic mass is 19.1. The Bertz CT molecular complexity index is 950. The molecule has 0 aliphatic rings. The van der Waals surface area contributed by atoms with Crippen molar-refractivity contribution in [3.63, 3.8) is 0 Å². The maximum absolute atomic E-state index is 13.2. The first-order chi connectivity index (χ1) is 10.7. The molecule has 2 aromatic carbocycles. The van der Waals surface area contributed by atoms with E-state index in [0.29, 0.717) is 11.3 Å². The number of aryl methyl sites for hydroxylation is 1. The van der Waals surface area contributed by atoms with Crippen LogP contribution in [0.15, 0.2) is 48.5 Å². The second kappa shape index (κ2) is 4.80. The third-order valence-electron chi connectivity index (χ3n) is 3.62. The van der Waals surface area contributed by atoms with Crippen LogP contribution in [0.2, 0.25) is 0 Å². The number of nitrogens with one attached hydrogen (secondary N) is 2. The Morgan fingerprint density at radius 3 is 2.64 bits per heavy atom. The van der Waals surface area contributed by atoms with Crippen LogP contribution in [-0.4, -0.2) is 20.2 Å². The molecular weight excluding hydrogens is 279 g/mol. The van der Waals surface area contributed by atoms with E-state index in [0.717, 1.165) is 22.5 Å². The summed E-state index contributed by atoms with van der Waals surface area (Å²) in [5.74, 6) is 0.360. The highest BCUT2D eigenvalue weighted by molar-refractivity contribution is 5.79. The van der Waals surface area contributed by atoms with E-state index in [-0.39, 0.29) is 5.82 Å². The van der Waals surface area contributed by atoms with Gasteiger partial charge in [0, 0.05) is 5.56 Å². The fourth-order valence-electron chi connectivity index (χ4n) is 2.42. The van der Waals surface area contributed by atoms with Gasteiger partial charge in [-0.1, -0.05) is 29.8 Å². The smallest absolute Gasteiger partial charge is 0.156 e. The Kier molecular flexibility index (Phi) is 2.79. The second-order valence-corrected chi connectivity index (χ2v) is 5.28. The molecule has 0 aliphatic heterocycles. The zero-order valence-electron chi connectivity index (χ0n) is 11.9. The summed E-state index contributed by atoms with van der Waals surface area (Å²) in [5.41, 5.74) is 5.26. The van der Waals surface area contributed by atoms with Crippen LogP contribution < -0.4 is 0 Å². The van der Waals surface area contributed by atoms with Crippen molar-refractivity contribution >= 4 is 11.0 Å². The van der Waals surface area contributed by atoms with Gasteiger partial charge >= 0.3 is 0 Å². The SMILES string of the molecule is Cc1ccc(-c2cc(-c3nc4ccc(F)cc4[nH]3)[nH]n2)cc1. The summed E-state index contributed by atoms with van der Waals surface area (Å²) < 4.78 is 13.2. The third kappa shape index (κ3) is 2.16. The Balaban J connectivity index is 1.74. The predicted octanol–water partition coefficient (Wildman–Crippen LogP) is 4.07. The van der Waals surface area contributed by atoms with Gasteiger partial charge in [0.1, 0.15) is 11.5 Å². The van der Waals surface area contributed by atoms with Gasteiger partial charge in [0.15, 0.2) is 5.82 Å².